The van der Waals surface area contributed by atoms with E-state index in [0.717, 1.165) is 28.1 Å². The molecule has 0 unspecified atom stereocenters. The average molecular weight is 467 g/mol. The molecule has 0 aromatic heterocycles. The third-order valence-electron chi connectivity index (χ3n) is 4.84. The molecule has 0 aliphatic heterocycles. The summed E-state index contributed by atoms with van der Waals surface area (Å²) in [7, 11) is -1.03. The zero-order valence-corrected chi connectivity index (χ0v) is 19.3. The van der Waals surface area contributed by atoms with Crippen LogP contribution in [0.4, 0.5) is 4.39 Å². The molecule has 2 aromatic carbocycles. The topological polar surface area (TPSA) is 93.2 Å². The van der Waals surface area contributed by atoms with E-state index < -0.39 is 39.2 Å². The van der Waals surface area contributed by atoms with Gasteiger partial charge in [0.1, 0.15) is 16.5 Å². The zero-order valence-electron chi connectivity index (χ0n) is 18.5. The van der Waals surface area contributed by atoms with Gasteiger partial charge in [-0.2, -0.15) is 4.31 Å². The van der Waals surface area contributed by atoms with Crippen molar-refractivity contribution in [3.05, 3.63) is 59.4 Å². The maximum Gasteiger partial charge on any atom is 0.338 e. The second kappa shape index (κ2) is 11.1. The lowest BCUT2D eigenvalue weighted by Crippen LogP contribution is -2.32. The molecule has 0 N–H and O–H groups in total. The summed E-state index contributed by atoms with van der Waals surface area (Å²) in [4.78, 5) is 25.5. The van der Waals surface area contributed by atoms with Crippen molar-refractivity contribution >= 4 is 21.9 Å². The Morgan fingerprint density at radius 3 is 2.34 bits per heavy atom. The number of methoxy groups -OCH3 is 1. The van der Waals surface area contributed by atoms with E-state index in [9.17, 15) is 22.4 Å². The summed E-state index contributed by atoms with van der Waals surface area (Å²) in [5.41, 5.74) is 0.610. The first-order valence-electron chi connectivity index (χ1n) is 9.98. The lowest BCUT2D eigenvalue weighted by molar-refractivity contribution is -0.133. The number of carbonyl (C=O) groups excluding carboxylic acids is 2. The van der Waals surface area contributed by atoms with E-state index in [1.807, 2.05) is 18.2 Å². The molecule has 0 saturated carbocycles. The largest absolute Gasteiger partial charge is 0.496 e. The molecule has 32 heavy (non-hydrogen) atoms. The summed E-state index contributed by atoms with van der Waals surface area (Å²) in [5.74, 6) is -1.75. The summed E-state index contributed by atoms with van der Waals surface area (Å²) in [6.07, 6.45) is 0. The summed E-state index contributed by atoms with van der Waals surface area (Å²) in [5, 5.41) is 0. The van der Waals surface area contributed by atoms with Crippen LogP contribution in [-0.4, -0.2) is 63.4 Å². The molecule has 2 rings (SSSR count). The van der Waals surface area contributed by atoms with Crippen LogP contribution in [-0.2, 0) is 26.1 Å². The first-order valence-corrected chi connectivity index (χ1v) is 11.4. The minimum absolute atomic E-state index is 0.153. The number of benzene rings is 2. The summed E-state index contributed by atoms with van der Waals surface area (Å²) >= 11 is 0. The van der Waals surface area contributed by atoms with Crippen LogP contribution in [0.3, 0.4) is 0 Å². The lowest BCUT2D eigenvalue weighted by atomic mass is 10.2. The van der Waals surface area contributed by atoms with Crippen molar-refractivity contribution in [1.82, 2.24) is 9.21 Å². The van der Waals surface area contributed by atoms with Gasteiger partial charge in [-0.05, 0) is 24.3 Å². The van der Waals surface area contributed by atoms with E-state index in [2.05, 4.69) is 0 Å². The fraction of sp³-hybridized carbons (Fsp3) is 0.364. The molecule has 2 aromatic rings. The standard InChI is InChI=1S/C22H27FN2O6S/c1-5-25(6-2)32(28,29)20-13-16(11-12-18(20)23)22(27)31-15-21(26)24(3)14-17-9-7-8-10-19(17)30-4/h7-13H,5-6,14-15H2,1-4H3. The molecule has 0 aliphatic rings. The first-order chi connectivity index (χ1) is 15.1. The van der Waals surface area contributed by atoms with Gasteiger partial charge >= 0.3 is 5.97 Å². The van der Waals surface area contributed by atoms with Crippen molar-refractivity contribution < 1.29 is 31.9 Å². The van der Waals surface area contributed by atoms with Crippen LogP contribution in [0.2, 0.25) is 0 Å². The maximum absolute atomic E-state index is 14.2. The van der Waals surface area contributed by atoms with E-state index in [1.54, 1.807) is 27.0 Å². The second-order valence-corrected chi connectivity index (χ2v) is 8.78. The van der Waals surface area contributed by atoms with Crippen LogP contribution in [0, 0.1) is 5.82 Å². The summed E-state index contributed by atoms with van der Waals surface area (Å²) in [6.45, 7) is 3.25. The third kappa shape index (κ3) is 5.83. The van der Waals surface area contributed by atoms with E-state index in [4.69, 9.17) is 9.47 Å². The maximum atomic E-state index is 14.2. The predicted octanol–water partition coefficient (Wildman–Crippen LogP) is 2.68. The summed E-state index contributed by atoms with van der Waals surface area (Å²) < 4.78 is 50.9. The van der Waals surface area contributed by atoms with Gasteiger partial charge < -0.3 is 14.4 Å². The SMILES string of the molecule is CCN(CC)S(=O)(=O)c1cc(C(=O)OCC(=O)N(C)Cc2ccccc2OC)ccc1F. The van der Waals surface area contributed by atoms with Gasteiger partial charge in [-0.25, -0.2) is 17.6 Å². The van der Waals surface area contributed by atoms with Crippen LogP contribution >= 0.6 is 0 Å². The fourth-order valence-electron chi connectivity index (χ4n) is 3.03. The van der Waals surface area contributed by atoms with Gasteiger partial charge in [0.2, 0.25) is 10.0 Å². The number of esters is 1. The van der Waals surface area contributed by atoms with E-state index >= 15 is 0 Å². The molecule has 0 bridgehead atoms. The minimum Gasteiger partial charge on any atom is -0.496 e. The molecule has 0 aliphatic carbocycles. The molecule has 0 heterocycles. The van der Waals surface area contributed by atoms with Gasteiger partial charge in [0.25, 0.3) is 5.91 Å². The third-order valence-corrected chi connectivity index (χ3v) is 6.91. The number of hydrogen-bond donors (Lipinski definition) is 0. The smallest absolute Gasteiger partial charge is 0.338 e. The number of ether oxygens (including phenoxy) is 2. The summed E-state index contributed by atoms with van der Waals surface area (Å²) in [6, 6.07) is 10.1. The Balaban J connectivity index is 2.09. The minimum atomic E-state index is -4.11. The van der Waals surface area contributed by atoms with E-state index in [1.165, 1.54) is 12.0 Å². The number of likely N-dealkylation sites (N-methyl/N-ethyl adjacent to an activating group) is 1. The van der Waals surface area contributed by atoms with Crippen LogP contribution < -0.4 is 4.74 Å². The number of amides is 1. The first kappa shape index (κ1) is 25.3. The van der Waals surface area contributed by atoms with Gasteiger partial charge in [-0.3, -0.25) is 4.79 Å². The van der Waals surface area contributed by atoms with Crippen molar-refractivity contribution in [2.24, 2.45) is 0 Å². The number of hydrogen-bond acceptors (Lipinski definition) is 6. The van der Waals surface area contributed by atoms with Crippen molar-refractivity contribution in [3.8, 4) is 5.75 Å². The van der Waals surface area contributed by atoms with Gasteiger partial charge in [0, 0.05) is 32.2 Å². The molecule has 0 spiro atoms. The normalized spacial score (nSPS) is 11.3. The molecular weight excluding hydrogens is 439 g/mol. The predicted molar refractivity (Wildman–Crippen MR) is 116 cm³/mol. The van der Waals surface area contributed by atoms with E-state index in [-0.39, 0.29) is 25.2 Å². The molecule has 0 saturated heterocycles. The van der Waals surface area contributed by atoms with Crippen LogP contribution in [0.15, 0.2) is 47.4 Å². The quantitative estimate of drug-likeness (QED) is 0.500. The number of rotatable bonds is 10. The average Bonchev–Trinajstić information content (AvgIpc) is 2.78. The Bertz CT molecular complexity index is 1070. The van der Waals surface area contributed by atoms with Crippen molar-refractivity contribution in [2.45, 2.75) is 25.3 Å². The Kier molecular flexibility index (Phi) is 8.73. The zero-order chi connectivity index (χ0) is 23.9. The number of para-hydroxylation sites is 1. The highest BCUT2D eigenvalue weighted by molar-refractivity contribution is 7.89. The number of sulfonamides is 1. The number of carbonyl (C=O) groups is 2. The highest BCUT2D eigenvalue weighted by Crippen LogP contribution is 2.22. The van der Waals surface area contributed by atoms with Gasteiger partial charge in [-0.15, -0.1) is 0 Å². The van der Waals surface area contributed by atoms with Crippen LogP contribution in [0.5, 0.6) is 5.75 Å². The molecule has 8 nitrogen and oxygen atoms in total. The molecule has 1 amide bonds. The van der Waals surface area contributed by atoms with Crippen molar-refractivity contribution in [2.75, 3.05) is 33.9 Å². The number of nitrogens with zero attached hydrogens (tertiary/aromatic N) is 2. The highest BCUT2D eigenvalue weighted by Gasteiger charge is 2.27. The molecule has 0 fully saturated rings. The van der Waals surface area contributed by atoms with E-state index in [0.29, 0.717) is 5.75 Å². The van der Waals surface area contributed by atoms with Crippen LogP contribution in [0.25, 0.3) is 0 Å². The Morgan fingerprint density at radius 1 is 1.06 bits per heavy atom. The lowest BCUT2D eigenvalue weighted by Gasteiger charge is -2.19. The highest BCUT2D eigenvalue weighted by atomic mass is 32.2. The van der Waals surface area contributed by atoms with Gasteiger partial charge in [0.05, 0.1) is 12.7 Å². The van der Waals surface area contributed by atoms with Crippen molar-refractivity contribution in [3.63, 3.8) is 0 Å². The monoisotopic (exact) mass is 466 g/mol. The van der Waals surface area contributed by atoms with Gasteiger partial charge in [-0.1, -0.05) is 32.0 Å². The molecular formula is C22H27FN2O6S. The Hall–Kier alpha value is -2.98. The fourth-order valence-corrected chi connectivity index (χ4v) is 4.58. The molecule has 10 heteroatoms. The molecule has 174 valence electrons. The Labute approximate surface area is 187 Å². The van der Waals surface area contributed by atoms with Crippen LogP contribution in [0.1, 0.15) is 29.8 Å². The molecule has 0 atom stereocenters. The number of halogens is 1. The van der Waals surface area contributed by atoms with Gasteiger partial charge in [0.15, 0.2) is 6.61 Å². The molecule has 0 radical (unpaired) electrons. The Morgan fingerprint density at radius 2 is 1.72 bits per heavy atom. The van der Waals surface area contributed by atoms with Crippen molar-refractivity contribution in [1.29, 1.82) is 0 Å². The second-order valence-electron chi connectivity index (χ2n) is 6.87.